The van der Waals surface area contributed by atoms with Gasteiger partial charge in [0.25, 0.3) is 5.91 Å². The van der Waals surface area contributed by atoms with Crippen LogP contribution in [0.15, 0.2) is 54.6 Å². The van der Waals surface area contributed by atoms with Gasteiger partial charge >= 0.3 is 0 Å². The normalized spacial score (nSPS) is 19.5. The van der Waals surface area contributed by atoms with E-state index >= 15 is 0 Å². The van der Waals surface area contributed by atoms with E-state index in [1.165, 1.54) is 0 Å². The number of carbonyl (C=O) groups excluding carboxylic acids is 2. The van der Waals surface area contributed by atoms with Crippen LogP contribution in [-0.2, 0) is 4.79 Å². The van der Waals surface area contributed by atoms with Crippen molar-refractivity contribution in [3.8, 4) is 5.75 Å². The molecule has 2 aliphatic heterocycles. The van der Waals surface area contributed by atoms with E-state index in [0.29, 0.717) is 42.6 Å². The summed E-state index contributed by atoms with van der Waals surface area (Å²) in [6, 6.07) is 16.3. The molecule has 0 spiro atoms. The van der Waals surface area contributed by atoms with Gasteiger partial charge in [0.1, 0.15) is 18.4 Å². The lowest BCUT2D eigenvalue weighted by atomic mass is 10.1. The molecule has 7 heteroatoms. The predicted molar refractivity (Wildman–Crippen MR) is 120 cm³/mol. The molecule has 1 unspecified atom stereocenters. The molecule has 164 valence electrons. The quantitative estimate of drug-likeness (QED) is 0.691. The molecule has 1 atom stereocenters. The average Bonchev–Trinajstić information content (AvgIpc) is 3.30. The number of hydrogen-bond acceptors (Lipinski definition) is 4. The van der Waals surface area contributed by atoms with Crippen molar-refractivity contribution in [1.29, 1.82) is 0 Å². The van der Waals surface area contributed by atoms with Gasteiger partial charge in [-0.25, -0.2) is 0 Å². The number of carbonyl (C=O) groups is 2. The van der Waals surface area contributed by atoms with Crippen molar-refractivity contribution in [1.82, 2.24) is 14.7 Å². The van der Waals surface area contributed by atoms with Crippen LogP contribution in [0.4, 0.5) is 0 Å². The van der Waals surface area contributed by atoms with Gasteiger partial charge in [0.05, 0.1) is 5.02 Å². The molecular formula is C24H28ClN3O3. The summed E-state index contributed by atoms with van der Waals surface area (Å²) in [5.41, 5.74) is 0.644. The summed E-state index contributed by atoms with van der Waals surface area (Å²) >= 11 is 6.12. The fraction of sp³-hybridized carbons (Fsp3) is 0.417. The van der Waals surface area contributed by atoms with Crippen LogP contribution in [0.25, 0.3) is 0 Å². The van der Waals surface area contributed by atoms with E-state index in [0.717, 1.165) is 32.5 Å². The number of benzene rings is 2. The van der Waals surface area contributed by atoms with Crippen molar-refractivity contribution in [2.75, 3.05) is 45.9 Å². The molecule has 0 saturated carbocycles. The molecule has 0 aromatic heterocycles. The molecule has 2 aromatic carbocycles. The van der Waals surface area contributed by atoms with E-state index in [1.807, 2.05) is 59.5 Å². The van der Waals surface area contributed by atoms with Gasteiger partial charge in [-0.3, -0.25) is 14.5 Å². The number of likely N-dealkylation sites (tertiary alicyclic amines) is 1. The average molecular weight is 442 g/mol. The monoisotopic (exact) mass is 441 g/mol. The van der Waals surface area contributed by atoms with Crippen LogP contribution in [0.1, 0.15) is 23.2 Å². The minimum atomic E-state index is -0.345. The maximum absolute atomic E-state index is 13.2. The van der Waals surface area contributed by atoms with Crippen LogP contribution in [0.2, 0.25) is 5.02 Å². The maximum Gasteiger partial charge on any atom is 0.254 e. The van der Waals surface area contributed by atoms with Crippen LogP contribution in [0.3, 0.4) is 0 Å². The number of para-hydroxylation sites is 1. The van der Waals surface area contributed by atoms with Gasteiger partial charge in [-0.05, 0) is 37.1 Å². The van der Waals surface area contributed by atoms with E-state index in [2.05, 4.69) is 4.90 Å². The Labute approximate surface area is 188 Å². The summed E-state index contributed by atoms with van der Waals surface area (Å²) in [5.74, 6) is 0.725. The smallest absolute Gasteiger partial charge is 0.254 e. The summed E-state index contributed by atoms with van der Waals surface area (Å²) in [4.78, 5) is 32.0. The fourth-order valence-corrected chi connectivity index (χ4v) is 4.45. The number of rotatable bonds is 6. The zero-order valence-corrected chi connectivity index (χ0v) is 18.3. The van der Waals surface area contributed by atoms with Crippen molar-refractivity contribution in [2.45, 2.75) is 18.9 Å². The van der Waals surface area contributed by atoms with Crippen LogP contribution < -0.4 is 4.74 Å². The van der Waals surface area contributed by atoms with E-state index in [1.54, 1.807) is 4.90 Å². The summed E-state index contributed by atoms with van der Waals surface area (Å²) < 4.78 is 5.78. The Morgan fingerprint density at radius 3 is 2.39 bits per heavy atom. The van der Waals surface area contributed by atoms with Crippen molar-refractivity contribution in [3.63, 3.8) is 0 Å². The zero-order chi connectivity index (χ0) is 21.6. The van der Waals surface area contributed by atoms with Crippen molar-refractivity contribution < 1.29 is 14.3 Å². The molecule has 2 heterocycles. The van der Waals surface area contributed by atoms with Crippen molar-refractivity contribution in [2.24, 2.45) is 0 Å². The molecule has 2 saturated heterocycles. The molecule has 2 aliphatic rings. The molecule has 2 amide bonds. The maximum atomic E-state index is 13.2. The van der Waals surface area contributed by atoms with E-state index in [-0.39, 0.29) is 17.9 Å². The molecular weight excluding hydrogens is 414 g/mol. The Morgan fingerprint density at radius 1 is 0.935 bits per heavy atom. The standard InChI is InChI=1S/C24H28ClN3O3/c25-20-9-4-5-11-22(20)31-18-17-26-13-15-27(16-14-26)24(30)21-10-6-12-28(21)23(29)19-7-2-1-3-8-19/h1-5,7-9,11,21H,6,10,12-18H2. The fourth-order valence-electron chi connectivity index (χ4n) is 4.26. The molecule has 2 fully saturated rings. The van der Waals surface area contributed by atoms with Gasteiger partial charge < -0.3 is 14.5 Å². The largest absolute Gasteiger partial charge is 0.491 e. The minimum Gasteiger partial charge on any atom is -0.491 e. The summed E-state index contributed by atoms with van der Waals surface area (Å²) in [5, 5.41) is 0.615. The van der Waals surface area contributed by atoms with E-state index < -0.39 is 0 Å². The van der Waals surface area contributed by atoms with Crippen molar-refractivity contribution in [3.05, 3.63) is 65.2 Å². The van der Waals surface area contributed by atoms with Gasteiger partial charge in [0.2, 0.25) is 5.91 Å². The molecule has 6 nitrogen and oxygen atoms in total. The Kier molecular flexibility index (Phi) is 7.10. The third-order valence-corrected chi connectivity index (χ3v) is 6.32. The molecule has 31 heavy (non-hydrogen) atoms. The van der Waals surface area contributed by atoms with Crippen molar-refractivity contribution >= 4 is 23.4 Å². The topological polar surface area (TPSA) is 53.1 Å². The Hall–Kier alpha value is -2.57. The lowest BCUT2D eigenvalue weighted by Gasteiger charge is -2.37. The number of halogens is 1. The third-order valence-electron chi connectivity index (χ3n) is 6.01. The Morgan fingerprint density at radius 2 is 1.65 bits per heavy atom. The van der Waals surface area contributed by atoms with Gasteiger partial charge in [0, 0.05) is 44.8 Å². The summed E-state index contributed by atoms with van der Waals surface area (Å²) in [6.07, 6.45) is 1.61. The first kappa shape index (κ1) is 21.7. The predicted octanol–water partition coefficient (Wildman–Crippen LogP) is 3.17. The first-order chi connectivity index (χ1) is 15.1. The first-order valence-corrected chi connectivity index (χ1v) is 11.3. The van der Waals surface area contributed by atoms with Gasteiger partial charge in [-0.15, -0.1) is 0 Å². The second kappa shape index (κ2) is 10.2. The van der Waals surface area contributed by atoms with Crippen LogP contribution in [-0.4, -0.2) is 78.4 Å². The highest BCUT2D eigenvalue weighted by Gasteiger charge is 2.37. The first-order valence-electron chi connectivity index (χ1n) is 10.9. The molecule has 0 bridgehead atoms. The number of piperazine rings is 1. The van der Waals surface area contributed by atoms with Crippen LogP contribution >= 0.6 is 11.6 Å². The Bertz CT molecular complexity index is 900. The van der Waals surface area contributed by atoms with Crippen LogP contribution in [0, 0.1) is 0 Å². The Balaban J connectivity index is 1.26. The SMILES string of the molecule is O=C(C1CCCN1C(=O)c1ccccc1)N1CCN(CCOc2ccccc2Cl)CC1. The molecule has 0 aliphatic carbocycles. The van der Waals surface area contributed by atoms with Gasteiger partial charge in [-0.2, -0.15) is 0 Å². The lowest BCUT2D eigenvalue weighted by molar-refractivity contribution is -0.137. The molecule has 4 rings (SSSR count). The number of amides is 2. The van der Waals surface area contributed by atoms with Crippen LogP contribution in [0.5, 0.6) is 5.75 Å². The number of ether oxygens (including phenoxy) is 1. The van der Waals surface area contributed by atoms with E-state index in [4.69, 9.17) is 16.3 Å². The molecule has 2 aromatic rings. The minimum absolute atomic E-state index is 0.0493. The highest BCUT2D eigenvalue weighted by atomic mass is 35.5. The summed E-state index contributed by atoms with van der Waals surface area (Å²) in [6.45, 7) is 4.94. The second-order valence-electron chi connectivity index (χ2n) is 7.97. The zero-order valence-electron chi connectivity index (χ0n) is 17.6. The second-order valence-corrected chi connectivity index (χ2v) is 8.38. The highest BCUT2D eigenvalue weighted by Crippen LogP contribution is 2.24. The van der Waals surface area contributed by atoms with Gasteiger partial charge in [0.15, 0.2) is 0 Å². The number of hydrogen-bond donors (Lipinski definition) is 0. The van der Waals surface area contributed by atoms with Gasteiger partial charge in [-0.1, -0.05) is 41.9 Å². The molecule has 0 N–H and O–H groups in total. The number of nitrogens with zero attached hydrogens (tertiary/aromatic N) is 3. The van der Waals surface area contributed by atoms with E-state index in [9.17, 15) is 9.59 Å². The summed E-state index contributed by atoms with van der Waals surface area (Å²) in [7, 11) is 0. The molecule has 0 radical (unpaired) electrons. The lowest BCUT2D eigenvalue weighted by Crippen LogP contribution is -2.54. The third kappa shape index (κ3) is 5.20. The highest BCUT2D eigenvalue weighted by molar-refractivity contribution is 6.32.